The van der Waals surface area contributed by atoms with Crippen LogP contribution in [0.1, 0.15) is 202 Å². The number of esters is 2. The van der Waals surface area contributed by atoms with Crippen molar-refractivity contribution in [2.75, 3.05) is 32.8 Å². The molecule has 20 nitrogen and oxygen atoms in total. The van der Waals surface area contributed by atoms with Gasteiger partial charge in [0.1, 0.15) is 58.0 Å². The predicted octanol–water partition coefficient (Wildman–Crippen LogP) is 12.5. The van der Waals surface area contributed by atoms with Gasteiger partial charge in [-0.25, -0.2) is 19.4 Å². The first-order chi connectivity index (χ1) is 43.1. The number of ketones is 1. The molecule has 4 aromatic rings. The van der Waals surface area contributed by atoms with E-state index in [2.05, 4.69) is 57.0 Å². The SMILES string of the molecule is COc1c(B2OC3C[C@@H]4C[C@@H](C4(C)C)[C@]3(C)O2)cc(C2OCCCO2)cc1C(=O)OC(C)(C)C.COc1c(C[C@H](CC(=O)/C(=N\OCc2ccccc2)c2csc(NC(=O)OC(C)(C)C)n2)B2OC3C[C@@H]4C[C@@H](C4(C)C)[C@]3(C)O2)cc(C=O)cc1C(=O)OC(C)(C)C. The van der Waals surface area contributed by atoms with E-state index in [1.165, 1.54) is 19.6 Å². The zero-order chi connectivity index (χ0) is 66.7. The van der Waals surface area contributed by atoms with Gasteiger partial charge in [0.25, 0.3) is 0 Å². The van der Waals surface area contributed by atoms with Crippen molar-refractivity contribution < 1.29 is 80.6 Å². The molecule has 4 bridgehead atoms. The molecule has 92 heavy (non-hydrogen) atoms. The number of carbonyl (C=O) groups is 5. The van der Waals surface area contributed by atoms with Gasteiger partial charge in [-0.2, -0.15) is 0 Å². The summed E-state index contributed by atoms with van der Waals surface area (Å²) in [4.78, 5) is 76.6. The van der Waals surface area contributed by atoms with Gasteiger partial charge in [0, 0.05) is 34.2 Å². The molecule has 6 saturated carbocycles. The molecule has 3 aliphatic heterocycles. The molecule has 1 aromatic heterocycles. The van der Waals surface area contributed by atoms with E-state index in [9.17, 15) is 24.0 Å². The molecule has 9 atom stereocenters. The number of thiazole rings is 1. The summed E-state index contributed by atoms with van der Waals surface area (Å²) in [6.07, 6.45) is 4.04. The van der Waals surface area contributed by atoms with Crippen molar-refractivity contribution in [1.82, 2.24) is 4.98 Å². The average Bonchev–Trinajstić information content (AvgIpc) is 1.38. The highest BCUT2D eigenvalue weighted by molar-refractivity contribution is 7.14. The standard InChI is InChI=1S/C43H54BN3O10S.C26H37BO7/c1-40(2,3)54-37(50)30-17-26(22-48)16-27(36(30)52-10)18-29(44-56-34-20-28-19-33(42(28,7)8)43(34,9)57-44)21-32(49)35(47-53-23-25-14-12-11-13-15-25)31-24-58-38(45-31)46-39(51)55-41(4,5)6;1-24(2,3)32-22(28)17-11-15(23-30-9-8-10-31-23)12-18(21(17)29-7)27-33-20-14-16-13-19(25(16,4)5)26(20,6)34-27/h11-17,22,24,28-29,33-34H,18-21,23H2,1-10H3,(H,45,46,51);11-12,16,19-20,23H,8-10,13-14H2,1-7H3/b47-35-;/t28-,29+,33-,34?,43-;16-,19-,20?,26-/m00/s1. The Bertz CT molecular complexity index is 3440. The first-order valence-corrected chi connectivity index (χ1v) is 33.0. The largest absolute Gasteiger partial charge is 0.498 e. The van der Waals surface area contributed by atoms with Gasteiger partial charge in [-0.3, -0.25) is 14.9 Å². The predicted molar refractivity (Wildman–Crippen MR) is 348 cm³/mol. The van der Waals surface area contributed by atoms with Gasteiger partial charge in [0.05, 0.1) is 50.8 Å². The monoisotopic (exact) mass is 1290 g/mol. The number of hydrogen-bond donors (Lipinski definition) is 1. The Morgan fingerprint density at radius 2 is 1.32 bits per heavy atom. The minimum Gasteiger partial charge on any atom is -0.496 e. The van der Waals surface area contributed by atoms with E-state index in [-0.39, 0.29) is 87.4 Å². The molecule has 0 spiro atoms. The molecule has 13 rings (SSSR count). The number of carbonyl (C=O) groups excluding carboxylic acids is 5. The Balaban J connectivity index is 0.000000230. The lowest BCUT2D eigenvalue weighted by Gasteiger charge is -2.64. The molecule has 1 amide bonds. The van der Waals surface area contributed by atoms with Crippen LogP contribution in [0.4, 0.5) is 9.93 Å². The Hall–Kier alpha value is -6.20. The number of ether oxygens (including phenoxy) is 7. The molecular formula is C69H91B2N3O17S. The van der Waals surface area contributed by atoms with Gasteiger partial charge in [0.15, 0.2) is 22.9 Å². The third kappa shape index (κ3) is 14.4. The van der Waals surface area contributed by atoms with Gasteiger partial charge in [-0.15, -0.1) is 11.3 Å². The fourth-order valence-corrected chi connectivity index (χ4v) is 15.5. The highest BCUT2D eigenvalue weighted by Crippen LogP contribution is 2.67. The number of oxime groups is 1. The van der Waals surface area contributed by atoms with E-state index in [0.717, 1.165) is 48.1 Å². The second-order valence-corrected chi connectivity index (χ2v) is 31.0. The van der Waals surface area contributed by atoms with Crippen LogP contribution in [-0.2, 0) is 65.0 Å². The summed E-state index contributed by atoms with van der Waals surface area (Å²) in [6, 6.07) is 16.2. The number of hydrogen-bond acceptors (Lipinski definition) is 20. The van der Waals surface area contributed by atoms with Crippen molar-refractivity contribution in [1.29, 1.82) is 0 Å². The van der Waals surface area contributed by atoms with Crippen molar-refractivity contribution in [3.63, 3.8) is 0 Å². The fourth-order valence-electron chi connectivity index (χ4n) is 14.8. The van der Waals surface area contributed by atoms with Crippen molar-refractivity contribution >= 4 is 72.0 Å². The van der Waals surface area contributed by atoms with Crippen LogP contribution in [0.3, 0.4) is 0 Å². The highest BCUT2D eigenvalue weighted by Gasteiger charge is 2.70. The number of Topliss-reactive ketones (excluding diaryl/α,β-unsaturated/α-hetero) is 1. The van der Waals surface area contributed by atoms with E-state index >= 15 is 0 Å². The summed E-state index contributed by atoms with van der Waals surface area (Å²) in [6.45, 7) is 30.9. The maximum atomic E-state index is 14.7. The van der Waals surface area contributed by atoms with Crippen LogP contribution in [0.15, 0.2) is 65.1 Å². The van der Waals surface area contributed by atoms with E-state index in [4.69, 9.17) is 56.6 Å². The number of amides is 1. The second kappa shape index (κ2) is 26.2. The number of benzene rings is 3. The minimum atomic E-state index is -0.838. The molecule has 3 saturated heterocycles. The van der Waals surface area contributed by atoms with Gasteiger partial charge in [-0.1, -0.05) is 69.2 Å². The molecule has 2 unspecified atom stereocenters. The van der Waals surface area contributed by atoms with Crippen molar-refractivity contribution in [2.24, 2.45) is 39.7 Å². The number of aromatic nitrogens is 1. The summed E-state index contributed by atoms with van der Waals surface area (Å²) < 4.78 is 67.1. The van der Waals surface area contributed by atoms with Crippen LogP contribution in [0, 0.1) is 34.5 Å². The van der Waals surface area contributed by atoms with Crippen LogP contribution in [-0.4, -0.2) is 123 Å². The van der Waals surface area contributed by atoms with Crippen LogP contribution < -0.4 is 20.3 Å². The molecule has 6 aliphatic carbocycles. The number of rotatable bonds is 18. The number of aldehydes is 1. The molecule has 0 radical (unpaired) electrons. The molecule has 9 fully saturated rings. The fraction of sp³-hybridized carbons (Fsp3) is 0.609. The van der Waals surface area contributed by atoms with Crippen LogP contribution in [0.2, 0.25) is 5.82 Å². The number of methoxy groups -OCH3 is 2. The molecule has 9 aliphatic rings. The van der Waals surface area contributed by atoms with E-state index in [1.807, 2.05) is 57.2 Å². The summed E-state index contributed by atoms with van der Waals surface area (Å²) in [5.74, 6) is 0.252. The van der Waals surface area contributed by atoms with Gasteiger partial charge >= 0.3 is 32.3 Å². The lowest BCUT2D eigenvalue weighted by Crippen LogP contribution is -2.65. The second-order valence-electron chi connectivity index (χ2n) is 30.1. The van der Waals surface area contributed by atoms with Gasteiger partial charge in [0.2, 0.25) is 0 Å². The first-order valence-electron chi connectivity index (χ1n) is 32.1. The van der Waals surface area contributed by atoms with Gasteiger partial charge < -0.3 is 56.6 Å². The van der Waals surface area contributed by atoms with Crippen molar-refractivity contribution in [2.45, 2.75) is 208 Å². The lowest BCUT2D eigenvalue weighted by molar-refractivity contribution is -0.199. The lowest BCUT2D eigenvalue weighted by atomic mass is 9.43. The molecule has 3 aromatic carbocycles. The molecular weight excluding hydrogens is 1200 g/mol. The zero-order valence-electron chi connectivity index (χ0n) is 56.4. The Labute approximate surface area is 545 Å². The summed E-state index contributed by atoms with van der Waals surface area (Å²) in [5, 5.41) is 8.79. The third-order valence-corrected chi connectivity index (χ3v) is 20.3. The maximum Gasteiger partial charge on any atom is 0.498 e. The van der Waals surface area contributed by atoms with Gasteiger partial charge in [-0.05, 0) is 179 Å². The number of nitrogens with one attached hydrogen (secondary N) is 1. The maximum absolute atomic E-state index is 14.7. The topological polar surface area (TPSA) is 233 Å². The highest BCUT2D eigenvalue weighted by atomic mass is 32.1. The molecule has 496 valence electrons. The quantitative estimate of drug-likeness (QED) is 0.0243. The van der Waals surface area contributed by atoms with Crippen LogP contribution >= 0.6 is 11.3 Å². The summed E-state index contributed by atoms with van der Waals surface area (Å²) in [7, 11) is 1.52. The van der Waals surface area contributed by atoms with Crippen LogP contribution in [0.25, 0.3) is 0 Å². The third-order valence-electron chi connectivity index (χ3n) is 19.5. The Morgan fingerprint density at radius 3 is 1.88 bits per heavy atom. The first kappa shape index (κ1) is 68.7. The Morgan fingerprint density at radius 1 is 0.739 bits per heavy atom. The average molecular weight is 1290 g/mol. The molecule has 23 heteroatoms. The Kier molecular flexibility index (Phi) is 19.5. The van der Waals surface area contributed by atoms with Crippen LogP contribution in [0.5, 0.6) is 11.5 Å². The van der Waals surface area contributed by atoms with Crippen molar-refractivity contribution in [3.8, 4) is 11.5 Å². The summed E-state index contributed by atoms with van der Waals surface area (Å²) >= 11 is 1.11. The molecule has 4 heterocycles. The summed E-state index contributed by atoms with van der Waals surface area (Å²) in [5.41, 5.74) is 0.660. The van der Waals surface area contributed by atoms with E-state index in [0.29, 0.717) is 59.6 Å². The van der Waals surface area contributed by atoms with E-state index in [1.54, 1.807) is 66.2 Å². The zero-order valence-corrected chi connectivity index (χ0v) is 57.3. The van der Waals surface area contributed by atoms with E-state index < -0.39 is 72.6 Å². The molecule has 1 N–H and O–H groups in total. The number of nitrogens with zero attached hydrogens (tertiary/aromatic N) is 2. The van der Waals surface area contributed by atoms with Crippen molar-refractivity contribution in [3.05, 3.63) is 99.1 Å². The number of anilines is 1. The smallest absolute Gasteiger partial charge is 0.496 e. The minimum absolute atomic E-state index is 0.00907. The normalized spacial score (nSPS) is 26.5.